The van der Waals surface area contributed by atoms with Crippen LogP contribution in [0.4, 0.5) is 11.4 Å². The Morgan fingerprint density at radius 1 is 1.25 bits per heavy atom. The van der Waals surface area contributed by atoms with Gasteiger partial charge < -0.3 is 9.84 Å². The number of hydrogen-bond acceptors (Lipinski definition) is 5. The van der Waals surface area contributed by atoms with E-state index >= 15 is 0 Å². The van der Waals surface area contributed by atoms with E-state index in [-0.39, 0.29) is 10.9 Å². The lowest BCUT2D eigenvalue weighted by molar-refractivity contribution is -0.114. The Hall–Kier alpha value is -2.35. The van der Waals surface area contributed by atoms with Crippen molar-refractivity contribution in [2.45, 2.75) is 18.9 Å². The topological polar surface area (TPSA) is 101 Å². The van der Waals surface area contributed by atoms with Gasteiger partial charge in [-0.25, -0.2) is 0 Å². The van der Waals surface area contributed by atoms with Gasteiger partial charge in [-0.05, 0) is 25.1 Å². The Balaban J connectivity index is 2.23. The molecule has 0 aliphatic rings. The van der Waals surface area contributed by atoms with E-state index in [1.807, 2.05) is 0 Å². The average Bonchev–Trinajstić information content (AvgIpc) is 2.75. The van der Waals surface area contributed by atoms with Gasteiger partial charge in [0.05, 0.1) is 5.69 Å². The van der Waals surface area contributed by atoms with Gasteiger partial charge in [0.1, 0.15) is 5.76 Å². The second-order valence-corrected chi connectivity index (χ2v) is 5.77. The Bertz CT molecular complexity index is 737. The van der Waals surface area contributed by atoms with Gasteiger partial charge >= 0.3 is 0 Å². The summed E-state index contributed by atoms with van der Waals surface area (Å²) in [5.41, 5.74) is 0.811. The summed E-state index contributed by atoms with van der Waals surface area (Å²) >= 11 is 0. The number of hydrogen-bond donors (Lipinski definition) is 2. The predicted molar refractivity (Wildman–Crippen MR) is 72.8 cm³/mol. The van der Waals surface area contributed by atoms with Gasteiger partial charge in [0.25, 0.3) is 10.0 Å². The van der Waals surface area contributed by atoms with Crippen LogP contribution in [0.25, 0.3) is 0 Å². The third kappa shape index (κ3) is 3.35. The fourth-order valence-electron chi connectivity index (χ4n) is 1.54. The van der Waals surface area contributed by atoms with Gasteiger partial charge in [-0.2, -0.15) is 8.42 Å². The van der Waals surface area contributed by atoms with Gasteiger partial charge in [0, 0.05) is 18.7 Å². The highest BCUT2D eigenvalue weighted by Crippen LogP contribution is 2.19. The van der Waals surface area contributed by atoms with E-state index < -0.39 is 10.0 Å². The number of carbonyl (C=O) groups excluding carboxylic acids is 1. The molecule has 8 heteroatoms. The van der Waals surface area contributed by atoms with Crippen molar-refractivity contribution in [3.05, 3.63) is 36.1 Å². The minimum Gasteiger partial charge on any atom is -0.360 e. The van der Waals surface area contributed by atoms with Crippen molar-refractivity contribution in [3.8, 4) is 0 Å². The number of carbonyl (C=O) groups is 1. The molecule has 2 rings (SSSR count). The van der Waals surface area contributed by atoms with Gasteiger partial charge in [0.15, 0.2) is 0 Å². The molecule has 0 bridgehead atoms. The van der Waals surface area contributed by atoms with Crippen molar-refractivity contribution in [2.24, 2.45) is 0 Å². The molecule has 1 aromatic carbocycles. The molecule has 0 aliphatic heterocycles. The fraction of sp³-hybridized carbons (Fsp3) is 0.167. The summed E-state index contributed by atoms with van der Waals surface area (Å²) in [7, 11) is -3.81. The lowest BCUT2D eigenvalue weighted by Crippen LogP contribution is -2.13. The Morgan fingerprint density at radius 2 is 1.95 bits per heavy atom. The van der Waals surface area contributed by atoms with Crippen LogP contribution in [0.15, 0.2) is 39.9 Å². The summed E-state index contributed by atoms with van der Waals surface area (Å²) in [6.45, 7) is 2.97. The zero-order valence-corrected chi connectivity index (χ0v) is 11.7. The third-order valence-corrected chi connectivity index (χ3v) is 3.56. The third-order valence-electron chi connectivity index (χ3n) is 2.32. The average molecular weight is 295 g/mol. The van der Waals surface area contributed by atoms with Crippen molar-refractivity contribution in [1.82, 2.24) is 5.16 Å². The molecule has 106 valence electrons. The van der Waals surface area contributed by atoms with E-state index in [0.717, 1.165) is 0 Å². The minimum atomic E-state index is -3.81. The molecule has 1 aromatic heterocycles. The maximum Gasteiger partial charge on any atom is 0.282 e. The number of benzene rings is 1. The molecule has 0 unspecified atom stereocenters. The molecule has 2 aromatic rings. The van der Waals surface area contributed by atoms with Crippen molar-refractivity contribution in [3.63, 3.8) is 0 Å². The van der Waals surface area contributed by atoms with Crippen molar-refractivity contribution < 1.29 is 17.7 Å². The molecule has 20 heavy (non-hydrogen) atoms. The summed E-state index contributed by atoms with van der Waals surface area (Å²) in [6, 6.07) is 7.67. The van der Waals surface area contributed by atoms with Crippen LogP contribution >= 0.6 is 0 Å². The molecular formula is C12H13N3O4S. The van der Waals surface area contributed by atoms with Crippen LogP contribution in [0.5, 0.6) is 0 Å². The van der Waals surface area contributed by atoms with E-state index in [9.17, 15) is 13.2 Å². The monoisotopic (exact) mass is 295 g/mol. The maximum atomic E-state index is 12.0. The maximum absolute atomic E-state index is 12.0. The molecule has 1 heterocycles. The standard InChI is InChI=1S/C12H13N3O4S/c1-8-6-12(14-19-8)20(17,18)15-11-5-3-4-10(7-11)13-9(2)16/h3-7,15H,1-2H3,(H,13,16). The number of rotatable bonds is 4. The molecule has 7 nitrogen and oxygen atoms in total. The van der Waals surface area contributed by atoms with Crippen LogP contribution in [0.3, 0.4) is 0 Å². The molecule has 0 radical (unpaired) electrons. The number of sulfonamides is 1. The molecule has 0 spiro atoms. The number of amides is 1. The van der Waals surface area contributed by atoms with Gasteiger partial charge in [-0.1, -0.05) is 11.2 Å². The summed E-state index contributed by atoms with van der Waals surface area (Å²) in [5.74, 6) is 0.162. The first-order valence-corrected chi connectivity index (χ1v) is 7.19. The first-order valence-electron chi connectivity index (χ1n) is 5.70. The van der Waals surface area contributed by atoms with E-state index in [1.165, 1.54) is 19.1 Å². The van der Waals surface area contributed by atoms with Crippen LogP contribution in [-0.4, -0.2) is 19.5 Å². The second-order valence-electron chi connectivity index (χ2n) is 4.14. The van der Waals surface area contributed by atoms with E-state index in [2.05, 4.69) is 15.2 Å². The van der Waals surface area contributed by atoms with Gasteiger partial charge in [0.2, 0.25) is 10.9 Å². The van der Waals surface area contributed by atoms with Crippen LogP contribution in [0, 0.1) is 6.92 Å². The Labute approximate surface area is 116 Å². The molecule has 0 fully saturated rings. The van der Waals surface area contributed by atoms with Crippen LogP contribution in [0.1, 0.15) is 12.7 Å². The summed E-state index contributed by atoms with van der Waals surface area (Å²) in [6.07, 6.45) is 0. The Kier molecular flexibility index (Phi) is 3.75. The summed E-state index contributed by atoms with van der Waals surface area (Å²) in [4.78, 5) is 11.0. The van der Waals surface area contributed by atoms with E-state index in [1.54, 1.807) is 25.1 Å². The van der Waals surface area contributed by atoms with Gasteiger partial charge in [-0.3, -0.25) is 9.52 Å². The highest BCUT2D eigenvalue weighted by atomic mass is 32.2. The molecular weight excluding hydrogens is 282 g/mol. The van der Waals surface area contributed by atoms with Crippen LogP contribution in [0.2, 0.25) is 0 Å². The quantitative estimate of drug-likeness (QED) is 0.894. The first-order chi connectivity index (χ1) is 9.37. The smallest absolute Gasteiger partial charge is 0.282 e. The van der Waals surface area contributed by atoms with Crippen molar-refractivity contribution in [1.29, 1.82) is 0 Å². The molecule has 1 amide bonds. The number of nitrogens with one attached hydrogen (secondary N) is 2. The minimum absolute atomic E-state index is 0.195. The van der Waals surface area contributed by atoms with Crippen molar-refractivity contribution in [2.75, 3.05) is 10.0 Å². The highest BCUT2D eigenvalue weighted by Gasteiger charge is 2.18. The number of nitrogens with zero attached hydrogens (tertiary/aromatic N) is 1. The SMILES string of the molecule is CC(=O)Nc1cccc(NS(=O)(=O)c2cc(C)on2)c1. The first kappa shape index (κ1) is 14.1. The molecule has 0 atom stereocenters. The zero-order valence-electron chi connectivity index (χ0n) is 10.9. The van der Waals surface area contributed by atoms with Crippen LogP contribution < -0.4 is 10.0 Å². The number of aryl methyl sites for hydroxylation is 1. The highest BCUT2D eigenvalue weighted by molar-refractivity contribution is 7.92. The molecule has 0 aliphatic carbocycles. The fourth-order valence-corrected chi connectivity index (χ4v) is 2.54. The predicted octanol–water partition coefficient (Wildman–Crippen LogP) is 1.74. The molecule has 2 N–H and O–H groups in total. The van der Waals surface area contributed by atoms with E-state index in [4.69, 9.17) is 4.52 Å². The van der Waals surface area contributed by atoms with Crippen LogP contribution in [-0.2, 0) is 14.8 Å². The van der Waals surface area contributed by atoms with E-state index in [0.29, 0.717) is 17.1 Å². The molecule has 0 saturated heterocycles. The summed E-state index contributed by atoms with van der Waals surface area (Å²) < 4.78 is 31.2. The lowest BCUT2D eigenvalue weighted by atomic mass is 10.3. The summed E-state index contributed by atoms with van der Waals surface area (Å²) in [5, 5.41) is 5.83. The normalized spacial score (nSPS) is 11.1. The largest absolute Gasteiger partial charge is 0.360 e. The van der Waals surface area contributed by atoms with Gasteiger partial charge in [-0.15, -0.1) is 0 Å². The number of aromatic nitrogens is 1. The number of anilines is 2. The van der Waals surface area contributed by atoms with Crippen molar-refractivity contribution >= 4 is 27.3 Å². The Morgan fingerprint density at radius 3 is 2.55 bits per heavy atom. The second kappa shape index (κ2) is 5.33. The zero-order chi connectivity index (χ0) is 14.8. The molecule has 0 saturated carbocycles. The lowest BCUT2D eigenvalue weighted by Gasteiger charge is -2.07.